The van der Waals surface area contributed by atoms with Gasteiger partial charge < -0.3 is 10.2 Å². The van der Waals surface area contributed by atoms with Crippen LogP contribution in [0.3, 0.4) is 0 Å². The van der Waals surface area contributed by atoms with Gasteiger partial charge in [0.05, 0.1) is 6.54 Å². The van der Waals surface area contributed by atoms with Crippen molar-refractivity contribution in [1.82, 2.24) is 5.32 Å². The lowest BCUT2D eigenvalue weighted by Crippen LogP contribution is -2.58. The molecule has 1 N–H and O–H groups in total. The zero-order valence-electron chi connectivity index (χ0n) is 15.3. The number of benzene rings is 2. The van der Waals surface area contributed by atoms with Gasteiger partial charge in [-0.25, -0.2) is 0 Å². The standard InChI is InChI=1S/C22H24N2O/c1-15-9-10-19-18(13-15)21(3,4)22(23-20(25)14-24(19)22)12-11-17-8-6-5-7-16(17)2/h5-13H,14H2,1-4H3,(H,23,25)/t22-/m0/s1. The van der Waals surface area contributed by atoms with E-state index in [0.717, 1.165) is 5.69 Å². The quantitative estimate of drug-likeness (QED) is 0.903. The van der Waals surface area contributed by atoms with Crippen LogP contribution in [-0.4, -0.2) is 18.1 Å². The van der Waals surface area contributed by atoms with Crippen molar-refractivity contribution in [2.45, 2.75) is 38.8 Å². The van der Waals surface area contributed by atoms with E-state index >= 15 is 0 Å². The topological polar surface area (TPSA) is 32.3 Å². The normalized spacial score (nSPS) is 23.7. The number of anilines is 1. The van der Waals surface area contributed by atoms with Crippen molar-refractivity contribution >= 4 is 17.7 Å². The Morgan fingerprint density at radius 3 is 2.64 bits per heavy atom. The zero-order chi connectivity index (χ0) is 17.8. The third-order valence-corrected chi connectivity index (χ3v) is 5.82. The number of carbonyl (C=O) groups excluding carboxylic acids is 1. The van der Waals surface area contributed by atoms with Crippen LogP contribution >= 0.6 is 0 Å². The van der Waals surface area contributed by atoms with Crippen molar-refractivity contribution in [2.75, 3.05) is 11.4 Å². The summed E-state index contributed by atoms with van der Waals surface area (Å²) in [5.41, 5.74) is 5.36. The highest BCUT2D eigenvalue weighted by atomic mass is 16.2. The van der Waals surface area contributed by atoms with Crippen LogP contribution in [0.4, 0.5) is 5.69 Å². The lowest BCUT2D eigenvalue weighted by Gasteiger charge is -2.40. The van der Waals surface area contributed by atoms with Crippen LogP contribution in [0.2, 0.25) is 0 Å². The van der Waals surface area contributed by atoms with E-state index in [1.807, 2.05) is 12.1 Å². The van der Waals surface area contributed by atoms with Gasteiger partial charge >= 0.3 is 0 Å². The Hall–Kier alpha value is -2.55. The molecule has 128 valence electrons. The van der Waals surface area contributed by atoms with E-state index in [9.17, 15) is 4.79 Å². The Morgan fingerprint density at radius 2 is 1.88 bits per heavy atom. The Kier molecular flexibility index (Phi) is 3.33. The molecule has 4 rings (SSSR count). The minimum atomic E-state index is -0.525. The number of carbonyl (C=O) groups is 1. The van der Waals surface area contributed by atoms with Crippen molar-refractivity contribution in [3.8, 4) is 0 Å². The van der Waals surface area contributed by atoms with Crippen LogP contribution in [0, 0.1) is 13.8 Å². The van der Waals surface area contributed by atoms with Gasteiger partial charge in [0.25, 0.3) is 0 Å². The molecular weight excluding hydrogens is 308 g/mol. The molecule has 0 aliphatic carbocycles. The molecule has 0 radical (unpaired) electrons. The second-order valence-electron chi connectivity index (χ2n) is 7.74. The average Bonchev–Trinajstić information content (AvgIpc) is 2.99. The van der Waals surface area contributed by atoms with Gasteiger partial charge in [0.2, 0.25) is 5.91 Å². The first kappa shape index (κ1) is 15.9. The molecule has 2 aromatic rings. The summed E-state index contributed by atoms with van der Waals surface area (Å²) >= 11 is 0. The summed E-state index contributed by atoms with van der Waals surface area (Å²) in [5, 5.41) is 3.28. The van der Waals surface area contributed by atoms with Crippen LogP contribution < -0.4 is 10.2 Å². The lowest BCUT2D eigenvalue weighted by atomic mass is 9.75. The summed E-state index contributed by atoms with van der Waals surface area (Å²) < 4.78 is 0. The second-order valence-corrected chi connectivity index (χ2v) is 7.74. The summed E-state index contributed by atoms with van der Waals surface area (Å²) in [6.07, 6.45) is 4.32. The summed E-state index contributed by atoms with van der Waals surface area (Å²) in [6.45, 7) is 9.07. The van der Waals surface area contributed by atoms with Crippen LogP contribution in [0.5, 0.6) is 0 Å². The number of nitrogens with zero attached hydrogens (tertiary/aromatic N) is 1. The van der Waals surface area contributed by atoms with Gasteiger partial charge in [0.1, 0.15) is 5.66 Å². The number of hydrogen-bond acceptors (Lipinski definition) is 2. The van der Waals surface area contributed by atoms with Crippen molar-refractivity contribution in [3.05, 3.63) is 70.8 Å². The van der Waals surface area contributed by atoms with Gasteiger partial charge in [0.15, 0.2) is 0 Å². The number of rotatable bonds is 2. The van der Waals surface area contributed by atoms with Crippen molar-refractivity contribution in [1.29, 1.82) is 0 Å². The van der Waals surface area contributed by atoms with E-state index in [1.54, 1.807) is 0 Å². The fourth-order valence-corrected chi connectivity index (χ4v) is 4.27. The first-order valence-electron chi connectivity index (χ1n) is 8.80. The van der Waals surface area contributed by atoms with Crippen LogP contribution in [0.15, 0.2) is 48.5 Å². The molecule has 25 heavy (non-hydrogen) atoms. The summed E-state index contributed by atoms with van der Waals surface area (Å²) in [6, 6.07) is 14.8. The van der Waals surface area contributed by atoms with Gasteiger partial charge in [0, 0.05) is 11.1 Å². The molecule has 3 heteroatoms. The molecule has 2 aliphatic rings. The number of hydrogen-bond donors (Lipinski definition) is 1. The van der Waals surface area contributed by atoms with Gasteiger partial charge in [-0.15, -0.1) is 0 Å². The molecule has 0 bridgehead atoms. The minimum absolute atomic E-state index is 0.0775. The highest BCUT2D eigenvalue weighted by Gasteiger charge is 2.59. The molecule has 0 saturated carbocycles. The largest absolute Gasteiger partial charge is 0.335 e. The number of amides is 1. The fraction of sp³-hybridized carbons (Fsp3) is 0.318. The van der Waals surface area contributed by atoms with E-state index in [0.29, 0.717) is 6.54 Å². The van der Waals surface area contributed by atoms with Crippen molar-refractivity contribution in [3.63, 3.8) is 0 Å². The highest BCUT2D eigenvalue weighted by molar-refractivity contribution is 5.91. The Bertz CT molecular complexity index is 897. The van der Waals surface area contributed by atoms with E-state index in [4.69, 9.17) is 0 Å². The predicted molar refractivity (Wildman–Crippen MR) is 103 cm³/mol. The Morgan fingerprint density at radius 1 is 1.12 bits per heavy atom. The summed E-state index contributed by atoms with van der Waals surface area (Å²) in [5.74, 6) is 0.0775. The van der Waals surface area contributed by atoms with E-state index < -0.39 is 5.66 Å². The molecule has 1 fully saturated rings. The third-order valence-electron chi connectivity index (χ3n) is 5.82. The first-order valence-corrected chi connectivity index (χ1v) is 8.80. The molecule has 0 spiro atoms. The molecule has 3 nitrogen and oxygen atoms in total. The highest BCUT2D eigenvalue weighted by Crippen LogP contribution is 2.53. The molecule has 2 aromatic carbocycles. The molecule has 0 unspecified atom stereocenters. The fourth-order valence-electron chi connectivity index (χ4n) is 4.27. The average molecular weight is 332 g/mol. The molecule has 2 aliphatic heterocycles. The van der Waals surface area contributed by atoms with Gasteiger partial charge in [-0.05, 0) is 42.7 Å². The monoisotopic (exact) mass is 332 g/mol. The molecule has 2 heterocycles. The minimum Gasteiger partial charge on any atom is -0.335 e. The molecule has 0 aromatic heterocycles. The van der Waals surface area contributed by atoms with Crippen molar-refractivity contribution < 1.29 is 4.79 Å². The summed E-state index contributed by atoms with van der Waals surface area (Å²) in [4.78, 5) is 14.5. The van der Waals surface area contributed by atoms with Gasteiger partial charge in [-0.3, -0.25) is 4.79 Å². The van der Waals surface area contributed by atoms with E-state index in [2.05, 4.69) is 80.4 Å². The number of nitrogens with one attached hydrogen (secondary N) is 1. The molecular formula is C22H24N2O. The maximum atomic E-state index is 12.3. The Labute approximate surface area is 149 Å². The zero-order valence-corrected chi connectivity index (χ0v) is 15.3. The molecule has 1 atom stereocenters. The SMILES string of the molecule is Cc1ccc2c(c1)C(C)(C)[C@@]1(C=Cc3ccccc3C)NC(=O)CN21. The maximum Gasteiger partial charge on any atom is 0.241 e. The summed E-state index contributed by atoms with van der Waals surface area (Å²) in [7, 11) is 0. The van der Waals surface area contributed by atoms with Crippen LogP contribution in [0.1, 0.15) is 36.1 Å². The first-order chi connectivity index (χ1) is 11.8. The van der Waals surface area contributed by atoms with Crippen molar-refractivity contribution in [2.24, 2.45) is 0 Å². The van der Waals surface area contributed by atoms with Crippen LogP contribution in [0.25, 0.3) is 6.08 Å². The number of fused-ring (bicyclic) bond motifs is 3. The molecule has 1 amide bonds. The van der Waals surface area contributed by atoms with Crippen LogP contribution in [-0.2, 0) is 10.2 Å². The Balaban J connectivity index is 1.87. The molecule has 1 saturated heterocycles. The number of aryl methyl sites for hydroxylation is 2. The van der Waals surface area contributed by atoms with Gasteiger partial charge in [-0.2, -0.15) is 0 Å². The smallest absolute Gasteiger partial charge is 0.241 e. The van der Waals surface area contributed by atoms with Gasteiger partial charge in [-0.1, -0.05) is 61.9 Å². The van der Waals surface area contributed by atoms with E-state index in [-0.39, 0.29) is 11.3 Å². The third kappa shape index (κ3) is 2.15. The predicted octanol–water partition coefficient (Wildman–Crippen LogP) is 3.94. The van der Waals surface area contributed by atoms with E-state index in [1.165, 1.54) is 22.3 Å². The maximum absolute atomic E-state index is 12.3. The second kappa shape index (κ2) is 5.22. The lowest BCUT2D eigenvalue weighted by molar-refractivity contribution is -0.118.